The zero-order valence-corrected chi connectivity index (χ0v) is 18.1. The molecule has 4 aliphatic carbocycles. The monoisotopic (exact) mass is 443 g/mol. The number of rotatable bonds is 6. The molecule has 0 unspecified atom stereocenters. The third-order valence-corrected chi connectivity index (χ3v) is 7.86. The highest BCUT2D eigenvalue weighted by molar-refractivity contribution is 6.32. The Morgan fingerprint density at radius 2 is 2.06 bits per heavy atom. The van der Waals surface area contributed by atoms with Crippen LogP contribution in [0.3, 0.4) is 0 Å². The Morgan fingerprint density at radius 1 is 1.32 bits per heavy atom. The van der Waals surface area contributed by atoms with E-state index in [4.69, 9.17) is 16.3 Å². The summed E-state index contributed by atoms with van der Waals surface area (Å²) in [6, 6.07) is 7.61. The number of anilines is 1. The normalized spacial score (nSPS) is 30.9. The van der Waals surface area contributed by atoms with Crippen molar-refractivity contribution in [1.82, 2.24) is 9.78 Å². The molecule has 2 aromatic rings. The first-order valence-electron chi connectivity index (χ1n) is 10.8. The van der Waals surface area contributed by atoms with Gasteiger partial charge >= 0.3 is 5.97 Å². The molecule has 4 aliphatic rings. The molecule has 1 aromatic heterocycles. The first-order chi connectivity index (χ1) is 14.9. The second-order valence-corrected chi connectivity index (χ2v) is 9.70. The van der Waals surface area contributed by atoms with E-state index in [0.717, 1.165) is 30.6 Å². The van der Waals surface area contributed by atoms with Gasteiger partial charge in [0.25, 0.3) is 5.56 Å². The number of halogens is 1. The summed E-state index contributed by atoms with van der Waals surface area (Å²) in [5.74, 6) is 0.381. The zero-order valence-electron chi connectivity index (χ0n) is 17.4. The zero-order chi connectivity index (χ0) is 21.8. The lowest BCUT2D eigenvalue weighted by Crippen LogP contribution is -2.63. The van der Waals surface area contributed by atoms with Crippen LogP contribution in [0, 0.1) is 23.7 Å². The van der Waals surface area contributed by atoms with Crippen LogP contribution in [0.2, 0.25) is 5.02 Å². The van der Waals surface area contributed by atoms with E-state index in [1.165, 1.54) is 4.68 Å². The van der Waals surface area contributed by atoms with Crippen LogP contribution in [-0.2, 0) is 16.9 Å². The van der Waals surface area contributed by atoms with Crippen molar-refractivity contribution in [2.45, 2.75) is 44.2 Å². The molecular weight excluding hydrogens is 418 g/mol. The number of benzene rings is 1. The minimum absolute atomic E-state index is 0.0535. The second-order valence-electron chi connectivity index (χ2n) is 9.32. The van der Waals surface area contributed by atoms with Gasteiger partial charge in [-0.3, -0.25) is 9.59 Å². The highest BCUT2D eigenvalue weighted by atomic mass is 35.5. The van der Waals surface area contributed by atoms with Crippen LogP contribution in [0.4, 0.5) is 5.69 Å². The van der Waals surface area contributed by atoms with Crippen LogP contribution >= 0.6 is 11.6 Å². The van der Waals surface area contributed by atoms with Crippen LogP contribution in [-0.4, -0.2) is 28.0 Å². The molecule has 7 nitrogen and oxygen atoms in total. The number of nitrogens with zero attached hydrogens (tertiary/aromatic N) is 2. The predicted molar refractivity (Wildman–Crippen MR) is 116 cm³/mol. The van der Waals surface area contributed by atoms with E-state index < -0.39 is 23.0 Å². The molecule has 164 valence electrons. The number of carboxylic acids is 1. The van der Waals surface area contributed by atoms with Crippen molar-refractivity contribution in [3.05, 3.63) is 51.4 Å². The number of hydrogen-bond donors (Lipinski definition) is 2. The number of methoxy groups -OCH3 is 1. The third kappa shape index (κ3) is 3.30. The van der Waals surface area contributed by atoms with Gasteiger partial charge in [0.2, 0.25) is 0 Å². The van der Waals surface area contributed by atoms with Crippen LogP contribution < -0.4 is 15.6 Å². The molecular formula is C23H26ClN3O4. The number of aromatic nitrogens is 2. The fourth-order valence-electron chi connectivity index (χ4n) is 6.59. The second kappa shape index (κ2) is 7.55. The Bertz CT molecular complexity index is 1070. The van der Waals surface area contributed by atoms with Crippen molar-refractivity contribution in [3.63, 3.8) is 0 Å². The standard InChI is InChI=1S/C23H26ClN3O4/c1-31-17-4-2-3-13(8-17)11-25-18-12-26-27(21(28)20(18)24)23-9-14-5-15(10-23)7-16(6-14)19(23)22(29)30/h2-4,8,12,14-16,19,25H,5-7,9-11H2,1H3,(H,29,30)/t14-,15-,16?,19-,23?/m0/s1. The summed E-state index contributed by atoms with van der Waals surface area (Å²) in [4.78, 5) is 25.5. The molecule has 4 fully saturated rings. The highest BCUT2D eigenvalue weighted by Crippen LogP contribution is 2.61. The molecule has 1 aromatic carbocycles. The van der Waals surface area contributed by atoms with Crippen LogP contribution in [0.1, 0.15) is 37.7 Å². The van der Waals surface area contributed by atoms with Crippen molar-refractivity contribution in [1.29, 1.82) is 0 Å². The van der Waals surface area contributed by atoms with Crippen LogP contribution in [0.5, 0.6) is 5.75 Å². The SMILES string of the molecule is COc1cccc(CNc2cnn(C34C[C@@H]5CC(C[C@H](C5)C3)[C@H]4C(=O)O)c(=O)c2Cl)c1. The van der Waals surface area contributed by atoms with E-state index in [-0.39, 0.29) is 10.9 Å². The van der Waals surface area contributed by atoms with Gasteiger partial charge in [-0.05, 0) is 67.6 Å². The summed E-state index contributed by atoms with van der Waals surface area (Å²) < 4.78 is 6.66. The van der Waals surface area contributed by atoms with Gasteiger partial charge in [-0.2, -0.15) is 5.10 Å². The molecule has 3 atom stereocenters. The van der Waals surface area contributed by atoms with Gasteiger partial charge in [-0.25, -0.2) is 4.68 Å². The van der Waals surface area contributed by atoms with Crippen molar-refractivity contribution in [2.24, 2.45) is 23.7 Å². The lowest BCUT2D eigenvalue weighted by molar-refractivity contribution is -0.168. The quantitative estimate of drug-likeness (QED) is 0.706. The maximum absolute atomic E-state index is 13.3. The molecule has 0 spiro atoms. The average molecular weight is 444 g/mol. The Balaban J connectivity index is 1.46. The minimum atomic E-state index is -0.825. The van der Waals surface area contributed by atoms with E-state index >= 15 is 0 Å². The van der Waals surface area contributed by atoms with E-state index in [0.29, 0.717) is 36.9 Å². The number of carboxylic acid groups (broad SMARTS) is 1. The molecule has 1 heterocycles. The minimum Gasteiger partial charge on any atom is -0.497 e. The lowest BCUT2D eigenvalue weighted by atomic mass is 9.48. The maximum Gasteiger partial charge on any atom is 0.309 e. The van der Waals surface area contributed by atoms with E-state index in [1.54, 1.807) is 13.3 Å². The molecule has 0 radical (unpaired) electrons. The summed E-state index contributed by atoms with van der Waals surface area (Å²) in [6.45, 7) is 0.456. The molecule has 0 saturated heterocycles. The van der Waals surface area contributed by atoms with Crippen molar-refractivity contribution in [3.8, 4) is 5.75 Å². The molecule has 4 saturated carbocycles. The van der Waals surface area contributed by atoms with Gasteiger partial charge in [0.15, 0.2) is 0 Å². The van der Waals surface area contributed by atoms with Gasteiger partial charge < -0.3 is 15.2 Å². The molecule has 0 aliphatic heterocycles. The summed E-state index contributed by atoms with van der Waals surface area (Å²) in [6.07, 6.45) is 5.96. The predicted octanol–water partition coefficient (Wildman–Crippen LogP) is 3.75. The molecule has 31 heavy (non-hydrogen) atoms. The number of hydrogen-bond acceptors (Lipinski definition) is 5. The van der Waals surface area contributed by atoms with E-state index in [2.05, 4.69) is 10.4 Å². The molecule has 4 bridgehead atoms. The number of carbonyl (C=O) groups is 1. The van der Waals surface area contributed by atoms with E-state index in [1.807, 2.05) is 24.3 Å². The summed E-state index contributed by atoms with van der Waals surface area (Å²) in [5.41, 5.74) is 0.242. The first kappa shape index (κ1) is 20.4. The summed E-state index contributed by atoms with van der Waals surface area (Å²) in [5, 5.41) is 17.7. The van der Waals surface area contributed by atoms with Gasteiger partial charge in [0, 0.05) is 6.54 Å². The van der Waals surface area contributed by atoms with Gasteiger partial charge in [-0.15, -0.1) is 0 Å². The van der Waals surface area contributed by atoms with Crippen LogP contribution in [0.15, 0.2) is 35.3 Å². The van der Waals surface area contributed by atoms with Crippen molar-refractivity contribution >= 4 is 23.3 Å². The topological polar surface area (TPSA) is 93.4 Å². The van der Waals surface area contributed by atoms with Crippen molar-refractivity contribution < 1.29 is 14.6 Å². The summed E-state index contributed by atoms with van der Waals surface area (Å²) >= 11 is 6.48. The highest BCUT2D eigenvalue weighted by Gasteiger charge is 2.61. The number of nitrogens with one attached hydrogen (secondary N) is 1. The maximum atomic E-state index is 13.3. The van der Waals surface area contributed by atoms with Gasteiger partial charge in [0.05, 0.1) is 30.5 Å². The summed E-state index contributed by atoms with van der Waals surface area (Å²) in [7, 11) is 1.61. The third-order valence-electron chi connectivity index (χ3n) is 7.50. The van der Waals surface area contributed by atoms with E-state index in [9.17, 15) is 14.7 Å². The lowest BCUT2D eigenvalue weighted by Gasteiger charge is -2.59. The first-order valence-corrected chi connectivity index (χ1v) is 11.2. The number of aliphatic carboxylic acids is 1. The molecule has 8 heteroatoms. The molecule has 6 rings (SSSR count). The fraction of sp³-hybridized carbons (Fsp3) is 0.522. The largest absolute Gasteiger partial charge is 0.497 e. The van der Waals surface area contributed by atoms with Crippen LogP contribution in [0.25, 0.3) is 0 Å². The smallest absolute Gasteiger partial charge is 0.309 e. The number of ether oxygens (including phenoxy) is 1. The fourth-order valence-corrected chi connectivity index (χ4v) is 6.78. The molecule has 0 amide bonds. The Labute approximate surface area is 185 Å². The molecule has 2 N–H and O–H groups in total. The Kier molecular flexibility index (Phi) is 4.96. The van der Waals surface area contributed by atoms with Gasteiger partial charge in [-0.1, -0.05) is 23.7 Å². The average Bonchev–Trinajstić information content (AvgIpc) is 2.73. The Hall–Kier alpha value is -2.54. The Morgan fingerprint density at radius 3 is 2.74 bits per heavy atom. The van der Waals surface area contributed by atoms with Gasteiger partial charge in [0.1, 0.15) is 10.8 Å². The van der Waals surface area contributed by atoms with Crippen molar-refractivity contribution in [2.75, 3.05) is 12.4 Å².